The summed E-state index contributed by atoms with van der Waals surface area (Å²) in [5.41, 5.74) is 3.71. The smallest absolute Gasteiger partial charge is 0.303 e. The van der Waals surface area contributed by atoms with Crippen LogP contribution in [0.5, 0.6) is 5.75 Å². The minimum atomic E-state index is -0.814. The predicted octanol–water partition coefficient (Wildman–Crippen LogP) is 5.89. The zero-order chi connectivity index (χ0) is 23.5. The molecular formula is C23H26N4O5. The number of benzene rings is 2. The van der Waals surface area contributed by atoms with Crippen LogP contribution in [0.3, 0.4) is 0 Å². The Morgan fingerprint density at radius 1 is 1.22 bits per heavy atom. The number of carboxylic acid groups (broad SMARTS) is 1. The largest absolute Gasteiger partial charge is 0.494 e. The molecule has 2 aromatic rings. The van der Waals surface area contributed by atoms with Crippen molar-refractivity contribution in [3.63, 3.8) is 0 Å². The average molecular weight is 438 g/mol. The lowest BCUT2D eigenvalue weighted by Crippen LogP contribution is -2.45. The molecule has 0 amide bonds. The Labute approximate surface area is 186 Å². The fraction of sp³-hybridized carbons (Fsp3) is 0.348. The lowest BCUT2D eigenvalue weighted by molar-refractivity contribution is -0.384. The van der Waals surface area contributed by atoms with Gasteiger partial charge in [-0.2, -0.15) is 5.11 Å². The topological polar surface area (TPSA) is 118 Å². The van der Waals surface area contributed by atoms with Crippen LogP contribution in [0.25, 0.3) is 5.57 Å². The van der Waals surface area contributed by atoms with E-state index in [1.165, 1.54) is 24.3 Å². The van der Waals surface area contributed by atoms with Crippen LogP contribution in [0.2, 0.25) is 0 Å². The number of carboxylic acids is 1. The third-order valence-electron chi connectivity index (χ3n) is 5.38. The summed E-state index contributed by atoms with van der Waals surface area (Å²) in [5.74, 6) is -0.283. The van der Waals surface area contributed by atoms with E-state index in [0.717, 1.165) is 16.8 Å². The van der Waals surface area contributed by atoms with Gasteiger partial charge in [0.1, 0.15) is 11.4 Å². The van der Waals surface area contributed by atoms with Crippen molar-refractivity contribution in [2.24, 2.45) is 10.2 Å². The molecule has 0 atom stereocenters. The molecule has 0 fully saturated rings. The Balaban J connectivity index is 1.96. The molecule has 32 heavy (non-hydrogen) atoms. The van der Waals surface area contributed by atoms with Gasteiger partial charge in [0, 0.05) is 42.4 Å². The molecule has 9 nitrogen and oxygen atoms in total. The van der Waals surface area contributed by atoms with E-state index in [9.17, 15) is 14.9 Å². The van der Waals surface area contributed by atoms with Crippen molar-refractivity contribution in [3.8, 4) is 5.75 Å². The Morgan fingerprint density at radius 3 is 2.50 bits per heavy atom. The zero-order valence-electron chi connectivity index (χ0n) is 18.5. The van der Waals surface area contributed by atoms with Crippen LogP contribution in [0.15, 0.2) is 52.7 Å². The van der Waals surface area contributed by atoms with E-state index in [0.29, 0.717) is 30.1 Å². The van der Waals surface area contributed by atoms with Gasteiger partial charge in [-0.05, 0) is 51.0 Å². The molecular weight excluding hydrogens is 412 g/mol. The number of aliphatic carboxylic acids is 1. The summed E-state index contributed by atoms with van der Waals surface area (Å²) < 4.78 is 5.56. The molecule has 0 bridgehead atoms. The molecule has 9 heteroatoms. The predicted molar refractivity (Wildman–Crippen MR) is 122 cm³/mol. The van der Waals surface area contributed by atoms with Gasteiger partial charge in [-0.3, -0.25) is 14.9 Å². The summed E-state index contributed by atoms with van der Waals surface area (Å²) in [6.07, 6.45) is 2.78. The van der Waals surface area contributed by atoms with E-state index in [1.54, 1.807) is 7.11 Å². The number of hydrogen-bond donors (Lipinski definition) is 1. The van der Waals surface area contributed by atoms with Crippen molar-refractivity contribution in [3.05, 3.63) is 58.2 Å². The summed E-state index contributed by atoms with van der Waals surface area (Å²) in [6.45, 7) is 6.80. The summed E-state index contributed by atoms with van der Waals surface area (Å²) in [7, 11) is 1.55. The van der Waals surface area contributed by atoms with Crippen molar-refractivity contribution < 1.29 is 19.6 Å². The highest BCUT2D eigenvalue weighted by atomic mass is 16.6. The normalized spacial score (nSPS) is 14.8. The summed E-state index contributed by atoms with van der Waals surface area (Å²) >= 11 is 0. The standard InChI is InChI=1S/C23H26N4O5/c1-15-14-23(2,3)26(11-5-6-22(28)29)20-13-21(32-4)19(12-18(15)20)25-24-16-7-9-17(10-8-16)27(30)31/h7-10,12-14H,5-6,11H2,1-4H3,(H,28,29)/b25-24+. The lowest BCUT2D eigenvalue weighted by Gasteiger charge is -2.43. The SMILES string of the molecule is COc1cc2c(cc1/N=N/c1ccc([N+](=O)[O-])cc1)C(C)=CC(C)(C)N2CCCC(=O)O. The summed E-state index contributed by atoms with van der Waals surface area (Å²) in [4.78, 5) is 23.5. The number of allylic oxidation sites excluding steroid dienone is 1. The van der Waals surface area contributed by atoms with E-state index in [2.05, 4.69) is 35.1 Å². The molecule has 0 spiro atoms. The quantitative estimate of drug-likeness (QED) is 0.312. The van der Waals surface area contributed by atoms with Crippen LogP contribution in [-0.2, 0) is 4.79 Å². The fourth-order valence-corrected chi connectivity index (χ4v) is 3.88. The third kappa shape index (κ3) is 4.93. The molecule has 0 saturated carbocycles. The minimum absolute atomic E-state index is 0.0123. The van der Waals surface area contributed by atoms with E-state index >= 15 is 0 Å². The number of methoxy groups -OCH3 is 1. The Kier molecular flexibility index (Phi) is 6.57. The first-order valence-electron chi connectivity index (χ1n) is 10.2. The molecule has 0 unspecified atom stereocenters. The van der Waals surface area contributed by atoms with Crippen LogP contribution >= 0.6 is 0 Å². The molecule has 0 radical (unpaired) electrons. The van der Waals surface area contributed by atoms with E-state index in [1.807, 2.05) is 19.1 Å². The Morgan fingerprint density at radius 2 is 1.91 bits per heavy atom. The van der Waals surface area contributed by atoms with E-state index in [4.69, 9.17) is 9.84 Å². The van der Waals surface area contributed by atoms with Crippen LogP contribution in [-0.4, -0.2) is 35.2 Å². The van der Waals surface area contributed by atoms with E-state index in [-0.39, 0.29) is 17.6 Å². The first-order valence-corrected chi connectivity index (χ1v) is 10.2. The van der Waals surface area contributed by atoms with Crippen LogP contribution in [0.1, 0.15) is 39.2 Å². The number of nitrogens with zero attached hydrogens (tertiary/aromatic N) is 4. The number of nitro benzene ring substituents is 1. The first kappa shape index (κ1) is 22.9. The van der Waals surface area contributed by atoms with Gasteiger partial charge in [-0.15, -0.1) is 5.11 Å². The second-order valence-corrected chi connectivity index (χ2v) is 8.14. The molecule has 2 aromatic carbocycles. The van der Waals surface area contributed by atoms with Gasteiger partial charge in [0.2, 0.25) is 0 Å². The molecule has 1 aliphatic heterocycles. The van der Waals surface area contributed by atoms with Gasteiger partial charge in [-0.25, -0.2) is 0 Å². The maximum atomic E-state index is 11.0. The Bertz CT molecular complexity index is 1090. The number of rotatable bonds is 8. The number of carbonyl (C=O) groups is 1. The number of non-ortho nitro benzene ring substituents is 1. The molecule has 0 aliphatic carbocycles. The molecule has 1 heterocycles. The first-order chi connectivity index (χ1) is 15.1. The number of azo groups is 1. The van der Waals surface area contributed by atoms with Crippen LogP contribution in [0, 0.1) is 10.1 Å². The van der Waals surface area contributed by atoms with Crippen LogP contribution in [0.4, 0.5) is 22.7 Å². The maximum absolute atomic E-state index is 11.0. The average Bonchev–Trinajstić information content (AvgIpc) is 2.73. The number of anilines is 1. The highest BCUT2D eigenvalue weighted by molar-refractivity contribution is 5.85. The Hall–Kier alpha value is -3.75. The highest BCUT2D eigenvalue weighted by Crippen LogP contribution is 2.45. The molecule has 168 valence electrons. The number of nitro groups is 1. The molecule has 0 saturated heterocycles. The van der Waals surface area contributed by atoms with Crippen molar-refractivity contribution in [2.45, 2.75) is 39.2 Å². The van der Waals surface area contributed by atoms with Crippen molar-refractivity contribution in [2.75, 3.05) is 18.6 Å². The summed E-state index contributed by atoms with van der Waals surface area (Å²) in [5, 5.41) is 28.3. The molecule has 1 aliphatic rings. The van der Waals surface area contributed by atoms with Crippen molar-refractivity contribution in [1.82, 2.24) is 0 Å². The van der Waals surface area contributed by atoms with Crippen molar-refractivity contribution >= 4 is 34.3 Å². The molecule has 1 N–H and O–H groups in total. The second kappa shape index (κ2) is 9.17. The van der Waals surface area contributed by atoms with Gasteiger partial charge >= 0.3 is 5.97 Å². The molecule has 3 rings (SSSR count). The van der Waals surface area contributed by atoms with Gasteiger partial charge in [0.15, 0.2) is 0 Å². The molecule has 0 aromatic heterocycles. The summed E-state index contributed by atoms with van der Waals surface area (Å²) in [6, 6.07) is 9.62. The second-order valence-electron chi connectivity index (χ2n) is 8.14. The van der Waals surface area contributed by atoms with Gasteiger partial charge in [0.25, 0.3) is 5.69 Å². The number of ether oxygens (including phenoxy) is 1. The number of hydrogen-bond acceptors (Lipinski definition) is 7. The van der Waals surface area contributed by atoms with Crippen LogP contribution < -0.4 is 9.64 Å². The van der Waals surface area contributed by atoms with Crippen molar-refractivity contribution in [1.29, 1.82) is 0 Å². The zero-order valence-corrected chi connectivity index (χ0v) is 18.5. The van der Waals surface area contributed by atoms with Gasteiger partial charge < -0.3 is 14.7 Å². The monoisotopic (exact) mass is 438 g/mol. The third-order valence-corrected chi connectivity index (χ3v) is 5.38. The van der Waals surface area contributed by atoms with Gasteiger partial charge in [-0.1, -0.05) is 6.08 Å². The fourth-order valence-electron chi connectivity index (χ4n) is 3.88. The lowest BCUT2D eigenvalue weighted by atomic mass is 9.88. The maximum Gasteiger partial charge on any atom is 0.303 e. The minimum Gasteiger partial charge on any atom is -0.494 e. The number of fused-ring (bicyclic) bond motifs is 1. The van der Waals surface area contributed by atoms with E-state index < -0.39 is 10.9 Å². The highest BCUT2D eigenvalue weighted by Gasteiger charge is 2.32. The van der Waals surface area contributed by atoms with Gasteiger partial charge in [0.05, 0.1) is 23.3 Å².